The summed E-state index contributed by atoms with van der Waals surface area (Å²) in [5.74, 6) is -0.169. The monoisotopic (exact) mass is 206 g/mol. The Bertz CT molecular complexity index is 334. The van der Waals surface area contributed by atoms with Crippen LogP contribution in [0.5, 0.6) is 0 Å². The van der Waals surface area contributed by atoms with E-state index in [9.17, 15) is 4.79 Å². The lowest BCUT2D eigenvalue weighted by atomic mass is 10.1. The summed E-state index contributed by atoms with van der Waals surface area (Å²) in [7, 11) is 1.41. The molecule has 3 nitrogen and oxygen atoms in total. The van der Waals surface area contributed by atoms with Gasteiger partial charge in [-0.2, -0.15) is 0 Å². The van der Waals surface area contributed by atoms with Crippen LogP contribution in [0, 0.1) is 0 Å². The van der Waals surface area contributed by atoms with Crippen molar-refractivity contribution < 1.29 is 14.3 Å². The van der Waals surface area contributed by atoms with Crippen LogP contribution in [0.1, 0.15) is 24.5 Å². The highest BCUT2D eigenvalue weighted by atomic mass is 16.6. The Labute approximate surface area is 89.0 Å². The van der Waals surface area contributed by atoms with Gasteiger partial charge in [0.05, 0.1) is 13.2 Å². The molecule has 3 heteroatoms. The van der Waals surface area contributed by atoms with Gasteiger partial charge in [-0.1, -0.05) is 30.3 Å². The number of benzene rings is 1. The van der Waals surface area contributed by atoms with Crippen molar-refractivity contribution in [3.8, 4) is 0 Å². The van der Waals surface area contributed by atoms with E-state index in [4.69, 9.17) is 4.74 Å². The maximum atomic E-state index is 10.9. The zero-order valence-electron chi connectivity index (χ0n) is 8.68. The van der Waals surface area contributed by atoms with Gasteiger partial charge in [0, 0.05) is 6.42 Å². The summed E-state index contributed by atoms with van der Waals surface area (Å²) in [4.78, 5) is 10.9. The van der Waals surface area contributed by atoms with E-state index in [0.717, 1.165) is 6.42 Å². The molecular formula is C12H14O3. The predicted octanol–water partition coefficient (Wildman–Crippen LogP) is 2.08. The summed E-state index contributed by atoms with van der Waals surface area (Å²) in [5.41, 5.74) is 1.19. The number of rotatable bonds is 4. The molecule has 1 aliphatic heterocycles. The summed E-state index contributed by atoms with van der Waals surface area (Å²) in [6.07, 6.45) is 1.54. The maximum absolute atomic E-state index is 10.9. The van der Waals surface area contributed by atoms with Gasteiger partial charge < -0.3 is 9.47 Å². The van der Waals surface area contributed by atoms with Gasteiger partial charge in [-0.05, 0) is 12.0 Å². The standard InChI is InChI=1S/C12H14O3/c1-14-11(13)8-7-10-12(15-10)9-5-3-2-4-6-9/h2-6,10,12H,7-8H2,1H3. The molecule has 0 saturated carbocycles. The molecule has 2 rings (SSSR count). The van der Waals surface area contributed by atoms with Gasteiger partial charge in [-0.25, -0.2) is 0 Å². The molecule has 0 aliphatic carbocycles. The lowest BCUT2D eigenvalue weighted by molar-refractivity contribution is -0.140. The number of epoxide rings is 1. The summed E-state index contributed by atoms with van der Waals surface area (Å²) < 4.78 is 10.1. The van der Waals surface area contributed by atoms with Gasteiger partial charge in [0.25, 0.3) is 0 Å². The molecule has 0 N–H and O–H groups in total. The first kappa shape index (κ1) is 10.2. The van der Waals surface area contributed by atoms with Crippen LogP contribution >= 0.6 is 0 Å². The molecule has 1 aliphatic rings. The van der Waals surface area contributed by atoms with Crippen LogP contribution in [-0.2, 0) is 14.3 Å². The third-order valence-corrected chi connectivity index (χ3v) is 2.57. The molecule has 1 aromatic rings. The Kier molecular flexibility index (Phi) is 3.02. The van der Waals surface area contributed by atoms with Crippen molar-refractivity contribution in [2.75, 3.05) is 7.11 Å². The van der Waals surface area contributed by atoms with Crippen molar-refractivity contribution in [3.05, 3.63) is 35.9 Å². The van der Waals surface area contributed by atoms with Crippen molar-refractivity contribution in [1.82, 2.24) is 0 Å². The Balaban J connectivity index is 1.79. The van der Waals surface area contributed by atoms with Crippen LogP contribution in [0.4, 0.5) is 0 Å². The van der Waals surface area contributed by atoms with Crippen molar-refractivity contribution >= 4 is 5.97 Å². The maximum Gasteiger partial charge on any atom is 0.305 e. The third kappa shape index (κ3) is 2.57. The summed E-state index contributed by atoms with van der Waals surface area (Å²) in [6, 6.07) is 10.1. The highest BCUT2D eigenvalue weighted by Crippen LogP contribution is 2.41. The van der Waals surface area contributed by atoms with Gasteiger partial charge in [0.1, 0.15) is 6.10 Å². The average molecular weight is 206 g/mol. The molecule has 80 valence electrons. The van der Waals surface area contributed by atoms with E-state index in [1.165, 1.54) is 12.7 Å². The van der Waals surface area contributed by atoms with Gasteiger partial charge in [-0.15, -0.1) is 0 Å². The Hall–Kier alpha value is -1.35. The molecule has 1 fully saturated rings. The fraction of sp³-hybridized carbons (Fsp3) is 0.417. The molecule has 0 amide bonds. The average Bonchev–Trinajstić information content (AvgIpc) is 3.06. The lowest BCUT2D eigenvalue weighted by Crippen LogP contribution is -2.02. The molecular weight excluding hydrogens is 192 g/mol. The Morgan fingerprint density at radius 2 is 2.13 bits per heavy atom. The van der Waals surface area contributed by atoms with E-state index in [0.29, 0.717) is 6.42 Å². The van der Waals surface area contributed by atoms with Gasteiger partial charge in [0.2, 0.25) is 0 Å². The highest BCUT2D eigenvalue weighted by molar-refractivity contribution is 5.69. The van der Waals surface area contributed by atoms with Gasteiger partial charge in [0.15, 0.2) is 0 Å². The zero-order chi connectivity index (χ0) is 10.7. The van der Waals surface area contributed by atoms with Crippen LogP contribution in [0.3, 0.4) is 0 Å². The number of carbonyl (C=O) groups is 1. The molecule has 0 radical (unpaired) electrons. The number of methoxy groups -OCH3 is 1. The quantitative estimate of drug-likeness (QED) is 0.559. The second-order valence-corrected chi connectivity index (χ2v) is 3.62. The minimum atomic E-state index is -0.169. The number of carbonyl (C=O) groups excluding carboxylic acids is 1. The summed E-state index contributed by atoms with van der Waals surface area (Å²) in [6.45, 7) is 0. The van der Waals surface area contributed by atoms with Crippen LogP contribution in [-0.4, -0.2) is 19.2 Å². The topological polar surface area (TPSA) is 38.8 Å². The van der Waals surface area contributed by atoms with Crippen molar-refractivity contribution in [2.24, 2.45) is 0 Å². The molecule has 0 aromatic heterocycles. The van der Waals surface area contributed by atoms with E-state index in [2.05, 4.69) is 4.74 Å². The second kappa shape index (κ2) is 4.45. The van der Waals surface area contributed by atoms with Crippen molar-refractivity contribution in [1.29, 1.82) is 0 Å². The van der Waals surface area contributed by atoms with Crippen LogP contribution < -0.4 is 0 Å². The van der Waals surface area contributed by atoms with Crippen molar-refractivity contribution in [3.63, 3.8) is 0 Å². The molecule has 0 bridgehead atoms. The molecule has 1 heterocycles. The summed E-state index contributed by atoms with van der Waals surface area (Å²) >= 11 is 0. The minimum Gasteiger partial charge on any atom is -0.469 e. The van der Waals surface area contributed by atoms with Crippen LogP contribution in [0.25, 0.3) is 0 Å². The van der Waals surface area contributed by atoms with Crippen molar-refractivity contribution in [2.45, 2.75) is 25.0 Å². The normalized spacial score (nSPS) is 23.5. The zero-order valence-corrected chi connectivity index (χ0v) is 8.68. The Morgan fingerprint density at radius 3 is 2.80 bits per heavy atom. The third-order valence-electron chi connectivity index (χ3n) is 2.57. The molecule has 15 heavy (non-hydrogen) atoms. The van der Waals surface area contributed by atoms with E-state index in [-0.39, 0.29) is 18.2 Å². The molecule has 2 unspecified atom stereocenters. The molecule has 1 aromatic carbocycles. The number of hydrogen-bond acceptors (Lipinski definition) is 3. The van der Waals surface area contributed by atoms with E-state index in [1.54, 1.807) is 0 Å². The lowest BCUT2D eigenvalue weighted by Gasteiger charge is -1.96. The molecule has 1 saturated heterocycles. The molecule has 2 atom stereocenters. The van der Waals surface area contributed by atoms with E-state index in [1.807, 2.05) is 30.3 Å². The Morgan fingerprint density at radius 1 is 1.40 bits per heavy atom. The van der Waals surface area contributed by atoms with Crippen LogP contribution in [0.2, 0.25) is 0 Å². The van der Waals surface area contributed by atoms with Gasteiger partial charge in [-0.3, -0.25) is 4.79 Å². The van der Waals surface area contributed by atoms with E-state index >= 15 is 0 Å². The SMILES string of the molecule is COC(=O)CCC1OC1c1ccccc1. The number of hydrogen-bond donors (Lipinski definition) is 0. The number of esters is 1. The molecule has 0 spiro atoms. The summed E-state index contributed by atoms with van der Waals surface area (Å²) in [5, 5.41) is 0. The van der Waals surface area contributed by atoms with E-state index < -0.39 is 0 Å². The first-order valence-corrected chi connectivity index (χ1v) is 5.08. The number of ether oxygens (including phenoxy) is 2. The second-order valence-electron chi connectivity index (χ2n) is 3.62. The van der Waals surface area contributed by atoms with Crippen LogP contribution in [0.15, 0.2) is 30.3 Å². The smallest absolute Gasteiger partial charge is 0.305 e. The fourth-order valence-electron chi connectivity index (χ4n) is 1.66. The highest BCUT2D eigenvalue weighted by Gasteiger charge is 2.39. The first-order chi connectivity index (χ1) is 7.31. The fourth-order valence-corrected chi connectivity index (χ4v) is 1.66. The first-order valence-electron chi connectivity index (χ1n) is 5.08. The minimum absolute atomic E-state index is 0.169. The largest absolute Gasteiger partial charge is 0.469 e. The van der Waals surface area contributed by atoms with Gasteiger partial charge >= 0.3 is 5.97 Å². The predicted molar refractivity (Wildman–Crippen MR) is 55.3 cm³/mol.